The Morgan fingerprint density at radius 3 is 2.28 bits per heavy atom. The summed E-state index contributed by atoms with van der Waals surface area (Å²) in [5.41, 5.74) is 0.234. The normalized spacial score (nSPS) is 10.1. The van der Waals surface area contributed by atoms with Gasteiger partial charge in [0, 0.05) is 4.47 Å². The molecule has 18 heavy (non-hydrogen) atoms. The first-order valence-corrected chi connectivity index (χ1v) is 6.61. The number of carboxylic acid groups (broad SMARTS) is 1. The number of rotatable bonds is 3. The summed E-state index contributed by atoms with van der Waals surface area (Å²) >= 11 is 6.75. The first-order valence-electron chi connectivity index (χ1n) is 5.02. The predicted molar refractivity (Wildman–Crippen MR) is 75.3 cm³/mol. The summed E-state index contributed by atoms with van der Waals surface area (Å²) in [6.07, 6.45) is 0. The predicted octanol–water partition coefficient (Wildman–Crippen LogP) is 4.70. The van der Waals surface area contributed by atoms with Crippen molar-refractivity contribution in [2.24, 2.45) is 0 Å². The molecular formula is C13H8Br2O3. The highest BCUT2D eigenvalue weighted by molar-refractivity contribution is 9.11. The Morgan fingerprint density at radius 2 is 1.72 bits per heavy atom. The molecule has 0 fully saturated rings. The van der Waals surface area contributed by atoms with Gasteiger partial charge in [-0.15, -0.1) is 0 Å². The number of aromatic carboxylic acids is 1. The Morgan fingerprint density at radius 1 is 1.06 bits per heavy atom. The third-order valence-corrected chi connectivity index (χ3v) is 3.34. The van der Waals surface area contributed by atoms with E-state index in [0.717, 1.165) is 8.95 Å². The maximum absolute atomic E-state index is 10.7. The molecule has 1 N–H and O–H groups in total. The van der Waals surface area contributed by atoms with E-state index < -0.39 is 5.97 Å². The van der Waals surface area contributed by atoms with Gasteiger partial charge in [-0.25, -0.2) is 4.79 Å². The molecule has 0 atom stereocenters. The van der Waals surface area contributed by atoms with Crippen molar-refractivity contribution >= 4 is 37.8 Å². The van der Waals surface area contributed by atoms with Crippen LogP contribution in [-0.2, 0) is 0 Å². The van der Waals surface area contributed by atoms with E-state index >= 15 is 0 Å². The molecule has 0 aliphatic rings. The van der Waals surface area contributed by atoms with Crippen LogP contribution in [0.1, 0.15) is 10.4 Å². The van der Waals surface area contributed by atoms with E-state index in [9.17, 15) is 4.79 Å². The van der Waals surface area contributed by atoms with Crippen LogP contribution in [0.5, 0.6) is 11.5 Å². The van der Waals surface area contributed by atoms with Crippen molar-refractivity contribution in [3.63, 3.8) is 0 Å². The molecular weight excluding hydrogens is 364 g/mol. The lowest BCUT2D eigenvalue weighted by molar-refractivity contribution is 0.0697. The van der Waals surface area contributed by atoms with Crippen LogP contribution in [0.4, 0.5) is 0 Å². The minimum atomic E-state index is -0.952. The zero-order chi connectivity index (χ0) is 13.1. The molecule has 2 rings (SSSR count). The van der Waals surface area contributed by atoms with Gasteiger partial charge in [0.05, 0.1) is 10.0 Å². The van der Waals surface area contributed by atoms with E-state index in [1.54, 1.807) is 12.1 Å². The minimum absolute atomic E-state index is 0.234. The minimum Gasteiger partial charge on any atom is -0.478 e. The molecule has 0 radical (unpaired) electrons. The maximum atomic E-state index is 10.7. The Balaban J connectivity index is 2.21. The average molecular weight is 372 g/mol. The van der Waals surface area contributed by atoms with Crippen LogP contribution in [0.3, 0.4) is 0 Å². The van der Waals surface area contributed by atoms with Crippen molar-refractivity contribution in [3.8, 4) is 11.5 Å². The van der Waals surface area contributed by atoms with Gasteiger partial charge in [0.2, 0.25) is 0 Å². The third-order valence-electron chi connectivity index (χ3n) is 2.22. The summed E-state index contributed by atoms with van der Waals surface area (Å²) in [5.74, 6) is 0.302. The van der Waals surface area contributed by atoms with Gasteiger partial charge in [-0.2, -0.15) is 0 Å². The lowest BCUT2D eigenvalue weighted by Crippen LogP contribution is -1.95. The second-order valence-corrected chi connectivity index (χ2v) is 5.28. The van der Waals surface area contributed by atoms with E-state index in [0.29, 0.717) is 11.5 Å². The summed E-state index contributed by atoms with van der Waals surface area (Å²) in [7, 11) is 0. The van der Waals surface area contributed by atoms with Crippen molar-refractivity contribution in [2.45, 2.75) is 0 Å². The molecule has 0 aromatic heterocycles. The second-order valence-electron chi connectivity index (χ2n) is 3.51. The number of benzene rings is 2. The van der Waals surface area contributed by atoms with Gasteiger partial charge in [0.1, 0.15) is 11.5 Å². The zero-order valence-corrected chi connectivity index (χ0v) is 12.2. The number of carboxylic acids is 1. The van der Waals surface area contributed by atoms with Crippen LogP contribution < -0.4 is 4.74 Å². The maximum Gasteiger partial charge on any atom is 0.335 e. The molecule has 0 saturated carbocycles. The summed E-state index contributed by atoms with van der Waals surface area (Å²) in [6.45, 7) is 0. The van der Waals surface area contributed by atoms with Gasteiger partial charge in [-0.3, -0.25) is 0 Å². The zero-order valence-electron chi connectivity index (χ0n) is 9.06. The van der Waals surface area contributed by atoms with Crippen molar-refractivity contribution in [1.82, 2.24) is 0 Å². The van der Waals surface area contributed by atoms with Gasteiger partial charge in [0.25, 0.3) is 0 Å². The monoisotopic (exact) mass is 370 g/mol. The van der Waals surface area contributed by atoms with Crippen molar-refractivity contribution < 1.29 is 14.6 Å². The fraction of sp³-hybridized carbons (Fsp3) is 0. The number of hydrogen-bond donors (Lipinski definition) is 1. The van der Waals surface area contributed by atoms with E-state index in [1.165, 1.54) is 12.1 Å². The average Bonchev–Trinajstić information content (AvgIpc) is 2.33. The first kappa shape index (κ1) is 13.1. The third kappa shape index (κ3) is 3.11. The molecule has 2 aromatic carbocycles. The largest absolute Gasteiger partial charge is 0.478 e. The SMILES string of the molecule is O=C(O)c1ccc(Oc2ccc(Br)cc2Br)cc1. The second kappa shape index (κ2) is 5.54. The molecule has 0 spiro atoms. The first-order chi connectivity index (χ1) is 8.56. The van der Waals surface area contributed by atoms with Crippen molar-refractivity contribution in [2.75, 3.05) is 0 Å². The molecule has 0 saturated heterocycles. The molecule has 92 valence electrons. The molecule has 0 amide bonds. The van der Waals surface area contributed by atoms with Gasteiger partial charge in [0.15, 0.2) is 0 Å². The van der Waals surface area contributed by atoms with Gasteiger partial charge >= 0.3 is 5.97 Å². The van der Waals surface area contributed by atoms with Crippen LogP contribution >= 0.6 is 31.9 Å². The molecule has 0 unspecified atom stereocenters. The number of hydrogen-bond acceptors (Lipinski definition) is 2. The van der Waals surface area contributed by atoms with Crippen LogP contribution in [0.15, 0.2) is 51.4 Å². The standard InChI is InChI=1S/C13H8Br2O3/c14-9-3-6-12(11(15)7-9)18-10-4-1-8(2-5-10)13(16)17/h1-7H,(H,16,17). The Kier molecular flexibility index (Phi) is 4.04. The number of carbonyl (C=O) groups is 1. The van der Waals surface area contributed by atoms with Gasteiger partial charge in [-0.05, 0) is 58.4 Å². The molecule has 0 aliphatic carbocycles. The van der Waals surface area contributed by atoms with Crippen LogP contribution in [0.25, 0.3) is 0 Å². The summed E-state index contributed by atoms with van der Waals surface area (Å²) in [4.78, 5) is 10.7. The van der Waals surface area contributed by atoms with E-state index in [-0.39, 0.29) is 5.56 Å². The number of ether oxygens (including phenoxy) is 1. The highest BCUT2D eigenvalue weighted by Gasteiger charge is 2.05. The van der Waals surface area contributed by atoms with Crippen molar-refractivity contribution in [1.29, 1.82) is 0 Å². The summed E-state index contributed by atoms with van der Waals surface area (Å²) in [6, 6.07) is 11.8. The van der Waals surface area contributed by atoms with E-state index in [4.69, 9.17) is 9.84 Å². The molecule has 5 heteroatoms. The summed E-state index contributed by atoms with van der Waals surface area (Å²) in [5, 5.41) is 8.79. The fourth-order valence-corrected chi connectivity index (χ4v) is 2.48. The van der Waals surface area contributed by atoms with Crippen LogP contribution in [0.2, 0.25) is 0 Å². The molecule has 0 aliphatic heterocycles. The molecule has 2 aromatic rings. The quantitative estimate of drug-likeness (QED) is 0.850. The lowest BCUT2D eigenvalue weighted by Gasteiger charge is -2.08. The van der Waals surface area contributed by atoms with Crippen LogP contribution in [0, 0.1) is 0 Å². The highest BCUT2D eigenvalue weighted by atomic mass is 79.9. The molecule has 0 bridgehead atoms. The number of halogens is 2. The highest BCUT2D eigenvalue weighted by Crippen LogP contribution is 2.31. The van der Waals surface area contributed by atoms with Gasteiger partial charge < -0.3 is 9.84 Å². The lowest BCUT2D eigenvalue weighted by atomic mass is 10.2. The Hall–Kier alpha value is -1.33. The van der Waals surface area contributed by atoms with E-state index in [1.807, 2.05) is 18.2 Å². The fourth-order valence-electron chi connectivity index (χ4n) is 1.35. The molecule has 3 nitrogen and oxygen atoms in total. The Bertz CT molecular complexity index is 579. The van der Waals surface area contributed by atoms with Crippen molar-refractivity contribution in [3.05, 3.63) is 57.0 Å². The topological polar surface area (TPSA) is 46.5 Å². The molecule has 0 heterocycles. The smallest absolute Gasteiger partial charge is 0.335 e. The van der Waals surface area contributed by atoms with Gasteiger partial charge in [-0.1, -0.05) is 15.9 Å². The van der Waals surface area contributed by atoms with E-state index in [2.05, 4.69) is 31.9 Å². The summed E-state index contributed by atoms with van der Waals surface area (Å²) < 4.78 is 7.40. The Labute approximate surface area is 121 Å². The van der Waals surface area contributed by atoms with Crippen LogP contribution in [-0.4, -0.2) is 11.1 Å².